The molecular weight excluding hydrogens is 235 g/mol. The molecule has 3 nitrogen and oxygen atoms in total. The van der Waals surface area contributed by atoms with Gasteiger partial charge in [-0.3, -0.25) is 0 Å². The summed E-state index contributed by atoms with van der Waals surface area (Å²) in [6, 6.07) is 6.05. The number of halogens is 3. The van der Waals surface area contributed by atoms with Crippen LogP contribution in [-0.4, -0.2) is 18.1 Å². The lowest BCUT2D eigenvalue weighted by molar-refractivity contribution is -0.141. The first kappa shape index (κ1) is 11.5. The van der Waals surface area contributed by atoms with Crippen LogP contribution in [0.5, 0.6) is 0 Å². The fourth-order valence-electron chi connectivity index (χ4n) is 1.67. The van der Waals surface area contributed by atoms with Gasteiger partial charge in [0.15, 0.2) is 0 Å². The Kier molecular flexibility index (Phi) is 2.57. The van der Waals surface area contributed by atoms with Crippen molar-refractivity contribution in [2.45, 2.75) is 6.18 Å². The van der Waals surface area contributed by atoms with E-state index in [1.54, 1.807) is 12.1 Å². The summed E-state index contributed by atoms with van der Waals surface area (Å²) in [6.07, 6.45) is -4.62. The summed E-state index contributed by atoms with van der Waals surface area (Å²) in [6.45, 7) is 0. The van der Waals surface area contributed by atoms with Crippen LogP contribution in [0.2, 0.25) is 0 Å². The molecule has 0 aliphatic rings. The monoisotopic (exact) mass is 243 g/mol. The second-order valence-corrected chi connectivity index (χ2v) is 3.41. The molecule has 0 atom stereocenters. The van der Waals surface area contributed by atoms with Gasteiger partial charge in [0.2, 0.25) is 0 Å². The van der Waals surface area contributed by atoms with Gasteiger partial charge in [-0.25, -0.2) is 4.79 Å². The molecule has 0 saturated carbocycles. The van der Waals surface area contributed by atoms with Crippen LogP contribution in [0.1, 0.15) is 16.1 Å². The Hall–Kier alpha value is -1.98. The van der Waals surface area contributed by atoms with Crippen LogP contribution in [0.15, 0.2) is 24.3 Å². The van der Waals surface area contributed by atoms with Gasteiger partial charge in [-0.2, -0.15) is 13.2 Å². The normalized spacial score (nSPS) is 11.8. The first-order valence-electron chi connectivity index (χ1n) is 4.71. The van der Waals surface area contributed by atoms with Crippen LogP contribution in [-0.2, 0) is 10.9 Å². The van der Waals surface area contributed by atoms with Crippen LogP contribution in [0.4, 0.5) is 13.2 Å². The molecule has 1 aromatic heterocycles. The Labute approximate surface area is 94.2 Å². The van der Waals surface area contributed by atoms with Gasteiger partial charge in [0.1, 0.15) is 5.69 Å². The van der Waals surface area contributed by atoms with E-state index in [0.717, 1.165) is 7.11 Å². The summed E-state index contributed by atoms with van der Waals surface area (Å²) in [4.78, 5) is 13.6. The number of aromatic nitrogens is 1. The molecule has 2 aromatic rings. The highest BCUT2D eigenvalue weighted by Gasteiger charge is 2.38. The van der Waals surface area contributed by atoms with Gasteiger partial charge in [0.25, 0.3) is 0 Å². The number of hydrogen-bond donors (Lipinski definition) is 1. The van der Waals surface area contributed by atoms with Crippen molar-refractivity contribution in [3.63, 3.8) is 0 Å². The van der Waals surface area contributed by atoms with Gasteiger partial charge in [0.05, 0.1) is 12.7 Å². The van der Waals surface area contributed by atoms with Gasteiger partial charge in [-0.1, -0.05) is 18.2 Å². The maximum Gasteiger partial charge on any atom is 0.432 e. The zero-order valence-corrected chi connectivity index (χ0v) is 8.76. The summed E-state index contributed by atoms with van der Waals surface area (Å²) in [7, 11) is 1.05. The van der Waals surface area contributed by atoms with E-state index in [1.165, 1.54) is 12.1 Å². The summed E-state index contributed by atoms with van der Waals surface area (Å²) in [5.41, 5.74) is -1.30. The van der Waals surface area contributed by atoms with Gasteiger partial charge in [-0.05, 0) is 6.07 Å². The highest BCUT2D eigenvalue weighted by atomic mass is 19.4. The van der Waals surface area contributed by atoms with Crippen LogP contribution in [0.3, 0.4) is 0 Å². The molecule has 0 fully saturated rings. The molecule has 0 radical (unpaired) electrons. The highest BCUT2D eigenvalue weighted by Crippen LogP contribution is 2.35. The van der Waals surface area contributed by atoms with Crippen molar-refractivity contribution in [1.29, 1.82) is 0 Å². The average Bonchev–Trinajstić information content (AvgIpc) is 2.67. The Morgan fingerprint density at radius 2 is 1.94 bits per heavy atom. The van der Waals surface area contributed by atoms with Crippen LogP contribution in [0, 0.1) is 0 Å². The molecule has 0 saturated heterocycles. The van der Waals surface area contributed by atoms with Crippen molar-refractivity contribution < 1.29 is 22.7 Å². The third-order valence-corrected chi connectivity index (χ3v) is 2.38. The maximum atomic E-state index is 12.7. The number of carbonyl (C=O) groups excluding carboxylic acids is 1. The zero-order chi connectivity index (χ0) is 12.6. The fraction of sp³-hybridized carbons (Fsp3) is 0.182. The molecule has 90 valence electrons. The molecule has 2 rings (SSSR count). The predicted octanol–water partition coefficient (Wildman–Crippen LogP) is 2.97. The number of benzene rings is 1. The summed E-state index contributed by atoms with van der Waals surface area (Å²) >= 11 is 0. The van der Waals surface area contributed by atoms with E-state index in [4.69, 9.17) is 0 Å². The number of hydrogen-bond acceptors (Lipinski definition) is 2. The molecule has 1 N–H and O–H groups in total. The topological polar surface area (TPSA) is 42.1 Å². The Morgan fingerprint density at radius 1 is 1.29 bits per heavy atom. The largest absolute Gasteiger partial charge is 0.465 e. The van der Waals surface area contributed by atoms with Crippen molar-refractivity contribution in [2.75, 3.05) is 7.11 Å². The molecule has 0 aliphatic heterocycles. The number of rotatable bonds is 1. The second-order valence-electron chi connectivity index (χ2n) is 3.41. The first-order valence-corrected chi connectivity index (χ1v) is 4.71. The Bertz CT molecular complexity index is 572. The van der Waals surface area contributed by atoms with Crippen LogP contribution < -0.4 is 0 Å². The van der Waals surface area contributed by atoms with Gasteiger partial charge < -0.3 is 9.72 Å². The minimum Gasteiger partial charge on any atom is -0.465 e. The molecule has 0 spiro atoms. The van der Waals surface area contributed by atoms with E-state index in [1.807, 2.05) is 0 Å². The number of carbonyl (C=O) groups is 1. The first-order chi connectivity index (χ1) is 7.95. The van der Waals surface area contributed by atoms with Crippen molar-refractivity contribution in [1.82, 2.24) is 4.98 Å². The number of ether oxygens (including phenoxy) is 1. The van der Waals surface area contributed by atoms with Gasteiger partial charge >= 0.3 is 12.1 Å². The predicted molar refractivity (Wildman–Crippen MR) is 54.6 cm³/mol. The quantitative estimate of drug-likeness (QED) is 0.782. The van der Waals surface area contributed by atoms with E-state index in [2.05, 4.69) is 9.72 Å². The van der Waals surface area contributed by atoms with Crippen molar-refractivity contribution >= 4 is 16.9 Å². The molecule has 1 heterocycles. The summed E-state index contributed by atoms with van der Waals surface area (Å²) in [5.74, 6) is -1.00. The minimum atomic E-state index is -4.62. The van der Waals surface area contributed by atoms with Crippen molar-refractivity contribution in [3.05, 3.63) is 35.5 Å². The van der Waals surface area contributed by atoms with Crippen LogP contribution >= 0.6 is 0 Å². The Balaban J connectivity index is 2.79. The lowest BCUT2D eigenvalue weighted by Gasteiger charge is -2.06. The van der Waals surface area contributed by atoms with Gasteiger partial charge in [-0.15, -0.1) is 0 Å². The number of para-hydroxylation sites is 1. The number of fused-ring (bicyclic) bond motifs is 1. The third-order valence-electron chi connectivity index (χ3n) is 2.38. The van der Waals surface area contributed by atoms with E-state index >= 15 is 0 Å². The van der Waals surface area contributed by atoms with Gasteiger partial charge in [0, 0.05) is 10.9 Å². The number of aromatic amines is 1. The average molecular weight is 243 g/mol. The SMILES string of the molecule is COC(=O)c1c(C(F)(F)F)[nH]c2ccccc12. The summed E-state index contributed by atoms with van der Waals surface area (Å²) < 4.78 is 42.6. The molecule has 0 bridgehead atoms. The van der Waals surface area contributed by atoms with E-state index < -0.39 is 23.4 Å². The zero-order valence-electron chi connectivity index (χ0n) is 8.76. The molecular formula is C11H8F3NO2. The number of alkyl halides is 3. The molecule has 0 aliphatic carbocycles. The smallest absolute Gasteiger partial charge is 0.432 e. The molecule has 17 heavy (non-hydrogen) atoms. The standard InChI is InChI=1S/C11H8F3NO2/c1-17-10(16)8-6-4-2-3-5-7(6)15-9(8)11(12,13)14/h2-5,15H,1H3. The number of H-pyrrole nitrogens is 1. The summed E-state index contributed by atoms with van der Waals surface area (Å²) in [5, 5.41) is 0.201. The molecule has 6 heteroatoms. The van der Waals surface area contributed by atoms with Crippen molar-refractivity contribution in [2.24, 2.45) is 0 Å². The van der Waals surface area contributed by atoms with E-state index in [9.17, 15) is 18.0 Å². The second kappa shape index (κ2) is 3.80. The number of esters is 1. The molecule has 1 aromatic carbocycles. The third kappa shape index (κ3) is 1.86. The molecule has 0 unspecified atom stereocenters. The lowest BCUT2D eigenvalue weighted by atomic mass is 10.1. The number of methoxy groups -OCH3 is 1. The maximum absolute atomic E-state index is 12.7. The fourth-order valence-corrected chi connectivity index (χ4v) is 1.67. The Morgan fingerprint density at radius 3 is 2.53 bits per heavy atom. The lowest BCUT2D eigenvalue weighted by Crippen LogP contribution is -2.13. The van der Waals surface area contributed by atoms with E-state index in [0.29, 0.717) is 0 Å². The van der Waals surface area contributed by atoms with Crippen molar-refractivity contribution in [3.8, 4) is 0 Å². The van der Waals surface area contributed by atoms with Crippen LogP contribution in [0.25, 0.3) is 10.9 Å². The minimum absolute atomic E-state index is 0.201. The highest BCUT2D eigenvalue weighted by molar-refractivity contribution is 6.05. The van der Waals surface area contributed by atoms with E-state index in [-0.39, 0.29) is 10.9 Å². The molecule has 0 amide bonds. The number of nitrogens with one attached hydrogen (secondary N) is 1.